The van der Waals surface area contributed by atoms with E-state index in [1.165, 1.54) is 5.54 Å². The number of hydrogen-bond donors (Lipinski definition) is 1. The maximum atomic E-state index is 5.81. The summed E-state index contributed by atoms with van der Waals surface area (Å²) in [5.41, 5.74) is 7.87. The molecule has 5 heteroatoms. The van der Waals surface area contributed by atoms with Crippen LogP contribution in [-0.4, -0.2) is 19.8 Å². The Bertz CT molecular complexity index is 384. The average molecular weight is 290 g/mol. The minimum absolute atomic E-state index is 0.215. The Balaban J connectivity index is 2.94. The van der Waals surface area contributed by atoms with Gasteiger partial charge in [-0.05, 0) is 31.5 Å². The molecular weight excluding hydrogens is 273 g/mol. The van der Waals surface area contributed by atoms with Crippen LogP contribution in [0.3, 0.4) is 0 Å². The molecule has 0 aliphatic carbocycles. The van der Waals surface area contributed by atoms with Crippen LogP contribution in [0.2, 0.25) is 0 Å². The lowest BCUT2D eigenvalue weighted by atomic mass is 10.1. The summed E-state index contributed by atoms with van der Waals surface area (Å²) >= 11 is 11.3. The van der Waals surface area contributed by atoms with Gasteiger partial charge in [-0.25, -0.2) is 0 Å². The van der Waals surface area contributed by atoms with Gasteiger partial charge in [-0.1, -0.05) is 35.3 Å². The molecule has 0 aliphatic rings. The van der Waals surface area contributed by atoms with Gasteiger partial charge in [-0.15, -0.1) is 0 Å². The lowest BCUT2D eigenvalue weighted by Crippen LogP contribution is -2.08. The number of nitrogens with two attached hydrogens (primary N) is 1. The molecule has 0 aromatic heterocycles. The van der Waals surface area contributed by atoms with Crippen LogP contribution in [-0.2, 0) is 6.42 Å². The molecule has 3 nitrogen and oxygen atoms in total. The van der Waals surface area contributed by atoms with Gasteiger partial charge in [-0.2, -0.15) is 0 Å². The fraction of sp³-hybridized carbons (Fsp3) is 0.385. The second kappa shape index (κ2) is 8.25. The first-order chi connectivity index (χ1) is 8.72. The van der Waals surface area contributed by atoms with Crippen LogP contribution in [0.25, 0.3) is 0 Å². The largest absolute Gasteiger partial charge is 0.490 e. The molecule has 1 aromatic carbocycles. The third-order valence-corrected chi connectivity index (χ3v) is 2.84. The Morgan fingerprint density at radius 1 is 1.39 bits per heavy atom. The van der Waals surface area contributed by atoms with Crippen molar-refractivity contribution in [1.82, 2.24) is 0 Å². The SMILES string of the molecule is CCOc1cccc(CCN)c1OCC(Cl)=CCl. The van der Waals surface area contributed by atoms with Gasteiger partial charge < -0.3 is 15.2 Å². The first kappa shape index (κ1) is 15.2. The average Bonchev–Trinajstić information content (AvgIpc) is 2.38. The van der Waals surface area contributed by atoms with Gasteiger partial charge in [0, 0.05) is 5.54 Å². The van der Waals surface area contributed by atoms with Crippen LogP contribution >= 0.6 is 23.2 Å². The standard InChI is InChI=1S/C13H17Cl2NO2/c1-2-17-12-5-3-4-10(6-7-16)13(12)18-9-11(15)8-14/h3-5,8H,2,6-7,9,16H2,1H3. The third kappa shape index (κ3) is 4.41. The zero-order valence-corrected chi connectivity index (χ0v) is 11.8. The fourth-order valence-corrected chi connectivity index (χ4v) is 1.64. The summed E-state index contributed by atoms with van der Waals surface area (Å²) in [5, 5.41) is 0.432. The number of ether oxygens (including phenoxy) is 2. The molecule has 18 heavy (non-hydrogen) atoms. The van der Waals surface area contributed by atoms with Crippen LogP contribution in [0, 0.1) is 0 Å². The molecule has 0 saturated heterocycles. The van der Waals surface area contributed by atoms with Crippen LogP contribution < -0.4 is 15.2 Å². The van der Waals surface area contributed by atoms with Gasteiger partial charge in [-0.3, -0.25) is 0 Å². The highest BCUT2D eigenvalue weighted by Crippen LogP contribution is 2.32. The molecule has 2 N–H and O–H groups in total. The smallest absolute Gasteiger partial charge is 0.164 e. The molecule has 0 amide bonds. The van der Waals surface area contributed by atoms with Gasteiger partial charge in [0.05, 0.1) is 11.6 Å². The van der Waals surface area contributed by atoms with E-state index in [2.05, 4.69) is 0 Å². The summed E-state index contributed by atoms with van der Waals surface area (Å²) in [6.07, 6.45) is 0.721. The molecular formula is C13H17Cl2NO2. The van der Waals surface area contributed by atoms with Crippen molar-refractivity contribution in [2.75, 3.05) is 19.8 Å². The molecule has 0 atom stereocenters. The minimum atomic E-state index is 0.215. The van der Waals surface area contributed by atoms with Crippen LogP contribution in [0.5, 0.6) is 11.5 Å². The maximum Gasteiger partial charge on any atom is 0.164 e. The van der Waals surface area contributed by atoms with Crippen molar-refractivity contribution in [2.45, 2.75) is 13.3 Å². The van der Waals surface area contributed by atoms with Gasteiger partial charge in [0.1, 0.15) is 6.61 Å². The molecule has 1 aromatic rings. The Hall–Kier alpha value is -0.900. The van der Waals surface area contributed by atoms with E-state index in [9.17, 15) is 0 Å². The zero-order chi connectivity index (χ0) is 13.4. The molecule has 0 unspecified atom stereocenters. The van der Waals surface area contributed by atoms with Crippen LogP contribution in [0.4, 0.5) is 0 Å². The van der Waals surface area contributed by atoms with Crippen molar-refractivity contribution >= 4 is 23.2 Å². The third-order valence-electron chi connectivity index (χ3n) is 2.25. The number of hydrogen-bond acceptors (Lipinski definition) is 3. The monoisotopic (exact) mass is 289 g/mol. The quantitative estimate of drug-likeness (QED) is 0.838. The zero-order valence-electron chi connectivity index (χ0n) is 10.3. The van der Waals surface area contributed by atoms with Crippen LogP contribution in [0.1, 0.15) is 12.5 Å². The predicted molar refractivity (Wildman–Crippen MR) is 75.7 cm³/mol. The molecule has 0 bridgehead atoms. The van der Waals surface area contributed by atoms with Crippen LogP contribution in [0.15, 0.2) is 28.8 Å². The fourth-order valence-electron chi connectivity index (χ4n) is 1.52. The molecule has 0 aliphatic heterocycles. The first-order valence-corrected chi connectivity index (χ1v) is 6.56. The van der Waals surface area contributed by atoms with Crippen molar-refractivity contribution in [3.05, 3.63) is 34.3 Å². The second-order valence-corrected chi connectivity index (χ2v) is 4.26. The van der Waals surface area contributed by atoms with Gasteiger partial charge in [0.15, 0.2) is 11.5 Å². The normalized spacial score (nSPS) is 11.4. The van der Waals surface area contributed by atoms with Crippen molar-refractivity contribution in [1.29, 1.82) is 0 Å². The highest BCUT2D eigenvalue weighted by atomic mass is 35.5. The topological polar surface area (TPSA) is 44.5 Å². The van der Waals surface area contributed by atoms with E-state index in [-0.39, 0.29) is 6.61 Å². The van der Waals surface area contributed by atoms with Crippen molar-refractivity contribution in [3.63, 3.8) is 0 Å². The van der Waals surface area contributed by atoms with E-state index >= 15 is 0 Å². The highest BCUT2D eigenvalue weighted by molar-refractivity contribution is 6.36. The first-order valence-electron chi connectivity index (χ1n) is 5.75. The van der Waals surface area contributed by atoms with E-state index in [0.29, 0.717) is 29.7 Å². The summed E-state index contributed by atoms with van der Waals surface area (Å²) in [7, 11) is 0. The van der Waals surface area contributed by atoms with E-state index < -0.39 is 0 Å². The molecule has 0 spiro atoms. The second-order valence-electron chi connectivity index (χ2n) is 3.56. The van der Waals surface area contributed by atoms with Crippen molar-refractivity contribution in [3.8, 4) is 11.5 Å². The van der Waals surface area contributed by atoms with Gasteiger partial charge in [0.2, 0.25) is 0 Å². The Kier molecular flexibility index (Phi) is 6.94. The van der Waals surface area contributed by atoms with E-state index in [0.717, 1.165) is 12.0 Å². The Labute approximate surface area is 117 Å². The Morgan fingerprint density at radius 2 is 2.17 bits per heavy atom. The molecule has 0 heterocycles. The summed E-state index contributed by atoms with van der Waals surface area (Å²) in [5.74, 6) is 1.38. The summed E-state index contributed by atoms with van der Waals surface area (Å²) < 4.78 is 11.2. The van der Waals surface area contributed by atoms with Crippen molar-refractivity contribution in [2.24, 2.45) is 5.73 Å². The summed E-state index contributed by atoms with van der Waals surface area (Å²) in [6, 6.07) is 5.74. The number of para-hydroxylation sites is 1. The molecule has 100 valence electrons. The van der Waals surface area contributed by atoms with Crippen molar-refractivity contribution < 1.29 is 9.47 Å². The summed E-state index contributed by atoms with van der Waals surface area (Å²) in [4.78, 5) is 0. The number of halogens is 2. The van der Waals surface area contributed by atoms with Gasteiger partial charge in [0.25, 0.3) is 0 Å². The highest BCUT2D eigenvalue weighted by Gasteiger charge is 2.11. The maximum absolute atomic E-state index is 5.81. The molecule has 0 radical (unpaired) electrons. The molecule has 0 fully saturated rings. The Morgan fingerprint density at radius 3 is 2.78 bits per heavy atom. The predicted octanol–water partition coefficient (Wildman–Crippen LogP) is 3.28. The number of benzene rings is 1. The van der Waals surface area contributed by atoms with Gasteiger partial charge >= 0.3 is 0 Å². The molecule has 1 rings (SSSR count). The van der Waals surface area contributed by atoms with E-state index in [1.807, 2.05) is 25.1 Å². The van der Waals surface area contributed by atoms with E-state index in [1.54, 1.807) is 0 Å². The summed E-state index contributed by atoms with van der Waals surface area (Å²) in [6.45, 7) is 3.25. The molecule has 0 saturated carbocycles. The lowest BCUT2D eigenvalue weighted by molar-refractivity contribution is 0.293. The lowest BCUT2D eigenvalue weighted by Gasteiger charge is -2.15. The number of rotatable bonds is 7. The minimum Gasteiger partial charge on any atom is -0.490 e. The van der Waals surface area contributed by atoms with E-state index in [4.69, 9.17) is 38.4 Å².